The second-order valence-corrected chi connectivity index (χ2v) is 6.10. The molecule has 4 aliphatic heterocycles. The molecule has 0 aliphatic carbocycles. The molecule has 0 aromatic rings. The first-order valence-electron chi connectivity index (χ1n) is 7.49. The van der Waals surface area contributed by atoms with Gasteiger partial charge in [-0.25, -0.2) is 0 Å². The van der Waals surface area contributed by atoms with Gasteiger partial charge in [0.15, 0.2) is 0 Å². The summed E-state index contributed by atoms with van der Waals surface area (Å²) in [7, 11) is 0. The quantitative estimate of drug-likeness (QED) is 0.647. The van der Waals surface area contributed by atoms with Crippen LogP contribution in [0.2, 0.25) is 0 Å². The second-order valence-electron chi connectivity index (χ2n) is 6.10. The highest BCUT2D eigenvalue weighted by Crippen LogP contribution is 2.32. The van der Waals surface area contributed by atoms with E-state index in [0.29, 0.717) is 38.6 Å². The lowest BCUT2D eigenvalue weighted by atomic mass is 10.1. The molecule has 6 heteroatoms. The minimum Gasteiger partial charge on any atom is -0.370 e. The van der Waals surface area contributed by atoms with Crippen LogP contribution in [0.15, 0.2) is 0 Å². The summed E-state index contributed by atoms with van der Waals surface area (Å²) in [5, 5.41) is 0. The Kier molecular flexibility index (Phi) is 3.48. The maximum Gasteiger partial charge on any atom is 0.115 e. The molecule has 0 spiro atoms. The fourth-order valence-electron chi connectivity index (χ4n) is 2.96. The number of ether oxygens (including phenoxy) is 6. The monoisotopic (exact) mass is 286 g/mol. The first kappa shape index (κ1) is 13.4. The second kappa shape index (κ2) is 5.19. The maximum absolute atomic E-state index is 5.86. The van der Waals surface area contributed by atoms with E-state index in [1.54, 1.807) is 0 Å². The highest BCUT2D eigenvalue weighted by molar-refractivity contribution is 4.97. The van der Waals surface area contributed by atoms with E-state index in [1.807, 2.05) is 0 Å². The predicted molar refractivity (Wildman–Crippen MR) is 67.6 cm³/mol. The zero-order valence-corrected chi connectivity index (χ0v) is 11.9. The molecule has 0 aromatic carbocycles. The van der Waals surface area contributed by atoms with Crippen molar-refractivity contribution in [1.29, 1.82) is 0 Å². The smallest absolute Gasteiger partial charge is 0.115 e. The molecule has 0 aromatic heterocycles. The van der Waals surface area contributed by atoms with E-state index < -0.39 is 0 Å². The third-order valence-corrected chi connectivity index (χ3v) is 4.58. The van der Waals surface area contributed by atoms with E-state index in [0.717, 1.165) is 0 Å². The van der Waals surface area contributed by atoms with Gasteiger partial charge in [0.25, 0.3) is 0 Å². The maximum atomic E-state index is 5.86. The first-order chi connectivity index (χ1) is 9.72. The predicted octanol–water partition coefficient (Wildman–Crippen LogP) is 0.129. The molecule has 8 unspecified atom stereocenters. The van der Waals surface area contributed by atoms with E-state index in [2.05, 4.69) is 13.8 Å². The Balaban J connectivity index is 1.23. The summed E-state index contributed by atoms with van der Waals surface area (Å²) in [6.45, 7) is 6.51. The molecular formula is C14H22O6. The van der Waals surface area contributed by atoms with Crippen molar-refractivity contribution in [2.24, 2.45) is 0 Å². The van der Waals surface area contributed by atoms with E-state index >= 15 is 0 Å². The van der Waals surface area contributed by atoms with Crippen LogP contribution in [0.25, 0.3) is 0 Å². The average Bonchev–Trinajstić information content (AvgIpc) is 3.19. The molecule has 4 heterocycles. The summed E-state index contributed by atoms with van der Waals surface area (Å²) in [5.41, 5.74) is 0. The summed E-state index contributed by atoms with van der Waals surface area (Å²) >= 11 is 0. The third kappa shape index (κ3) is 2.61. The van der Waals surface area contributed by atoms with Gasteiger partial charge in [0, 0.05) is 0 Å². The fraction of sp³-hybridized carbons (Fsp3) is 1.00. The molecule has 0 N–H and O–H groups in total. The van der Waals surface area contributed by atoms with Gasteiger partial charge in [0.1, 0.15) is 36.6 Å². The van der Waals surface area contributed by atoms with E-state index in [-0.39, 0.29) is 36.6 Å². The molecule has 0 bridgehead atoms. The minimum atomic E-state index is -0.00778. The van der Waals surface area contributed by atoms with Gasteiger partial charge >= 0.3 is 0 Å². The summed E-state index contributed by atoms with van der Waals surface area (Å²) in [6, 6.07) is 0. The van der Waals surface area contributed by atoms with Crippen LogP contribution in [-0.2, 0) is 28.4 Å². The highest BCUT2D eigenvalue weighted by atomic mass is 16.7. The Hall–Kier alpha value is -0.240. The number of hydrogen-bond donors (Lipinski definition) is 0. The van der Waals surface area contributed by atoms with E-state index in [1.165, 1.54) is 0 Å². The number of epoxide rings is 2. The normalized spacial score (nSPS) is 53.1. The zero-order valence-electron chi connectivity index (χ0n) is 11.9. The number of hydrogen-bond acceptors (Lipinski definition) is 6. The summed E-state index contributed by atoms with van der Waals surface area (Å²) < 4.78 is 34.0. The Labute approximate surface area is 118 Å². The van der Waals surface area contributed by atoms with Crippen molar-refractivity contribution >= 4 is 0 Å². The fourth-order valence-corrected chi connectivity index (χ4v) is 2.96. The van der Waals surface area contributed by atoms with Crippen LogP contribution in [0.5, 0.6) is 0 Å². The Morgan fingerprint density at radius 1 is 0.800 bits per heavy atom. The lowest BCUT2D eigenvalue weighted by molar-refractivity contribution is -0.0541. The van der Waals surface area contributed by atoms with Gasteiger partial charge < -0.3 is 28.4 Å². The lowest BCUT2D eigenvalue weighted by Crippen LogP contribution is -2.35. The van der Waals surface area contributed by atoms with Gasteiger partial charge in [-0.15, -0.1) is 0 Å². The van der Waals surface area contributed by atoms with Crippen molar-refractivity contribution in [2.45, 2.75) is 62.7 Å². The van der Waals surface area contributed by atoms with Crippen LogP contribution in [0.4, 0.5) is 0 Å². The molecule has 0 saturated carbocycles. The molecular weight excluding hydrogens is 264 g/mol. The van der Waals surface area contributed by atoms with Crippen LogP contribution in [0.1, 0.15) is 13.8 Å². The third-order valence-electron chi connectivity index (χ3n) is 4.58. The number of fused-ring (bicyclic) bond motifs is 1. The van der Waals surface area contributed by atoms with E-state index in [9.17, 15) is 0 Å². The van der Waals surface area contributed by atoms with Crippen LogP contribution >= 0.6 is 0 Å². The molecule has 4 rings (SSSR count). The molecule has 0 radical (unpaired) electrons. The molecule has 20 heavy (non-hydrogen) atoms. The van der Waals surface area contributed by atoms with Crippen molar-refractivity contribution in [3.63, 3.8) is 0 Å². The average molecular weight is 286 g/mol. The van der Waals surface area contributed by atoms with E-state index in [4.69, 9.17) is 28.4 Å². The largest absolute Gasteiger partial charge is 0.370 e. The SMILES string of the molecule is CC1OC1COC1COC2C(OCC3OC3C)COC12. The van der Waals surface area contributed by atoms with Gasteiger partial charge in [-0.3, -0.25) is 0 Å². The topological polar surface area (TPSA) is 62.0 Å². The van der Waals surface area contributed by atoms with Gasteiger partial charge in [-0.2, -0.15) is 0 Å². The highest BCUT2D eigenvalue weighted by Gasteiger charge is 2.50. The van der Waals surface area contributed by atoms with Crippen LogP contribution in [0, 0.1) is 0 Å². The summed E-state index contributed by atoms with van der Waals surface area (Å²) in [6.07, 6.45) is 1.14. The summed E-state index contributed by atoms with van der Waals surface area (Å²) in [5.74, 6) is 0. The van der Waals surface area contributed by atoms with Gasteiger partial charge in [0.05, 0.1) is 38.6 Å². The van der Waals surface area contributed by atoms with Gasteiger partial charge in [0.2, 0.25) is 0 Å². The van der Waals surface area contributed by atoms with Gasteiger partial charge in [-0.05, 0) is 13.8 Å². The standard InChI is InChI=1S/C14H22O6/c1-7-9(19-7)3-15-11-5-17-14-12(6-18-13(11)14)16-4-10-8(2)20-10/h7-14H,3-6H2,1-2H3. The Morgan fingerprint density at radius 2 is 1.20 bits per heavy atom. The zero-order chi connectivity index (χ0) is 13.7. The Morgan fingerprint density at radius 3 is 1.55 bits per heavy atom. The Bertz CT molecular complexity index is 330. The van der Waals surface area contributed by atoms with Crippen molar-refractivity contribution in [1.82, 2.24) is 0 Å². The minimum absolute atomic E-state index is 0.00102. The molecule has 8 atom stereocenters. The van der Waals surface area contributed by atoms with Crippen molar-refractivity contribution in [3.8, 4) is 0 Å². The molecule has 4 saturated heterocycles. The lowest BCUT2D eigenvalue weighted by Gasteiger charge is -2.17. The van der Waals surface area contributed by atoms with Crippen LogP contribution in [-0.4, -0.2) is 75.3 Å². The van der Waals surface area contributed by atoms with Crippen molar-refractivity contribution in [3.05, 3.63) is 0 Å². The summed E-state index contributed by atoms with van der Waals surface area (Å²) in [4.78, 5) is 0. The molecule has 6 nitrogen and oxygen atoms in total. The van der Waals surface area contributed by atoms with Crippen LogP contribution < -0.4 is 0 Å². The van der Waals surface area contributed by atoms with Crippen molar-refractivity contribution < 1.29 is 28.4 Å². The molecule has 4 aliphatic rings. The van der Waals surface area contributed by atoms with Gasteiger partial charge in [-0.1, -0.05) is 0 Å². The number of rotatable bonds is 6. The first-order valence-corrected chi connectivity index (χ1v) is 7.49. The molecule has 0 amide bonds. The van der Waals surface area contributed by atoms with Crippen molar-refractivity contribution in [2.75, 3.05) is 26.4 Å². The molecule has 4 fully saturated rings. The van der Waals surface area contributed by atoms with Crippen LogP contribution in [0.3, 0.4) is 0 Å². The molecule has 114 valence electrons.